The average molecular weight is 397 g/mol. The first-order chi connectivity index (χ1) is 12.4. The van der Waals surface area contributed by atoms with Gasteiger partial charge in [-0.1, -0.05) is 0 Å². The van der Waals surface area contributed by atoms with E-state index in [0.29, 0.717) is 5.56 Å². The van der Waals surface area contributed by atoms with Gasteiger partial charge in [0.25, 0.3) is 0 Å². The molecule has 1 aromatic heterocycles. The van der Waals surface area contributed by atoms with Crippen molar-refractivity contribution in [1.29, 1.82) is 0 Å². The van der Waals surface area contributed by atoms with Crippen LogP contribution in [0.5, 0.6) is 0 Å². The van der Waals surface area contributed by atoms with Gasteiger partial charge in [0.15, 0.2) is 0 Å². The van der Waals surface area contributed by atoms with Gasteiger partial charge in [-0.15, -0.1) is 12.4 Å². The third kappa shape index (κ3) is 5.28. The Balaban J connectivity index is 0.00000364. The summed E-state index contributed by atoms with van der Waals surface area (Å²) in [5.74, 6) is -1.65. The Morgan fingerprint density at radius 2 is 1.63 bits per heavy atom. The molecule has 2 aromatic rings. The Labute approximate surface area is 162 Å². The van der Waals surface area contributed by atoms with Crippen LogP contribution in [0.25, 0.3) is 0 Å². The molecule has 1 atom stereocenters. The number of anilines is 1. The van der Waals surface area contributed by atoms with Crippen LogP contribution in [0.3, 0.4) is 0 Å². The molecule has 0 saturated carbocycles. The van der Waals surface area contributed by atoms with Crippen LogP contribution in [0.15, 0.2) is 30.6 Å². The standard InChI is InChI=1S/C17H20N4O5.ClH/c1-18-14(12-8-19-21(2)9-12)15(22)20-13-6-10(16(23)25-3)5-11(7-13)17(24)26-4;/h5-9,14,18H,1-4H3,(H,20,22);1H. The molecule has 2 rings (SSSR count). The van der Waals surface area contributed by atoms with Gasteiger partial charge in [-0.05, 0) is 25.2 Å². The molecule has 10 heteroatoms. The van der Waals surface area contributed by atoms with Gasteiger partial charge in [0, 0.05) is 24.5 Å². The van der Waals surface area contributed by atoms with E-state index in [1.807, 2.05) is 0 Å². The first kappa shape index (κ1) is 22.1. The van der Waals surface area contributed by atoms with Crippen LogP contribution >= 0.6 is 12.4 Å². The van der Waals surface area contributed by atoms with E-state index in [2.05, 4.69) is 25.2 Å². The van der Waals surface area contributed by atoms with Crippen molar-refractivity contribution in [1.82, 2.24) is 15.1 Å². The Morgan fingerprint density at radius 3 is 2.04 bits per heavy atom. The summed E-state index contributed by atoms with van der Waals surface area (Å²) in [5.41, 5.74) is 1.17. The van der Waals surface area contributed by atoms with Gasteiger partial charge in [-0.2, -0.15) is 5.10 Å². The van der Waals surface area contributed by atoms with Crippen molar-refractivity contribution in [2.45, 2.75) is 6.04 Å². The molecule has 1 heterocycles. The van der Waals surface area contributed by atoms with Crippen molar-refractivity contribution >= 4 is 35.9 Å². The second-order valence-corrected chi connectivity index (χ2v) is 5.44. The maximum Gasteiger partial charge on any atom is 0.337 e. The van der Waals surface area contributed by atoms with E-state index in [1.54, 1.807) is 31.2 Å². The van der Waals surface area contributed by atoms with Crippen LogP contribution in [0.1, 0.15) is 32.3 Å². The Kier molecular flexibility index (Phi) is 7.95. The monoisotopic (exact) mass is 396 g/mol. The maximum absolute atomic E-state index is 12.6. The zero-order chi connectivity index (χ0) is 19.3. The molecule has 146 valence electrons. The fourth-order valence-electron chi connectivity index (χ4n) is 2.42. The fraction of sp³-hybridized carbons (Fsp3) is 0.294. The Hall–Kier alpha value is -2.91. The summed E-state index contributed by atoms with van der Waals surface area (Å²) in [5, 5.41) is 9.63. The molecule has 27 heavy (non-hydrogen) atoms. The minimum atomic E-state index is -0.660. The highest BCUT2D eigenvalue weighted by atomic mass is 35.5. The molecule has 1 aromatic carbocycles. The number of aromatic nitrogens is 2. The third-order valence-electron chi connectivity index (χ3n) is 3.65. The predicted molar refractivity (Wildman–Crippen MR) is 100 cm³/mol. The molecule has 0 spiro atoms. The number of esters is 2. The van der Waals surface area contributed by atoms with Crippen LogP contribution in [0.4, 0.5) is 5.69 Å². The van der Waals surface area contributed by atoms with Crippen molar-refractivity contribution < 1.29 is 23.9 Å². The summed E-state index contributed by atoms with van der Waals surface area (Å²) in [4.78, 5) is 36.2. The molecule has 0 aliphatic heterocycles. The molecule has 1 unspecified atom stereocenters. The number of hydrogen-bond donors (Lipinski definition) is 2. The van der Waals surface area contributed by atoms with E-state index in [9.17, 15) is 14.4 Å². The lowest BCUT2D eigenvalue weighted by Gasteiger charge is -2.15. The maximum atomic E-state index is 12.6. The second kappa shape index (κ2) is 9.70. The van der Waals surface area contributed by atoms with Crippen molar-refractivity contribution in [3.63, 3.8) is 0 Å². The summed E-state index contributed by atoms with van der Waals surface area (Å²) in [6.45, 7) is 0. The first-order valence-corrected chi connectivity index (χ1v) is 7.68. The van der Waals surface area contributed by atoms with Crippen molar-refractivity contribution in [3.05, 3.63) is 47.3 Å². The van der Waals surface area contributed by atoms with E-state index < -0.39 is 18.0 Å². The topological polar surface area (TPSA) is 112 Å². The summed E-state index contributed by atoms with van der Waals surface area (Å²) in [6.07, 6.45) is 3.29. The summed E-state index contributed by atoms with van der Waals surface area (Å²) < 4.78 is 10.9. The van der Waals surface area contributed by atoms with E-state index in [1.165, 1.54) is 32.4 Å². The van der Waals surface area contributed by atoms with Crippen molar-refractivity contribution in [2.75, 3.05) is 26.6 Å². The van der Waals surface area contributed by atoms with Gasteiger partial charge in [0.1, 0.15) is 6.04 Å². The smallest absolute Gasteiger partial charge is 0.337 e. The summed E-state index contributed by atoms with van der Waals surface area (Å²) >= 11 is 0. The lowest BCUT2D eigenvalue weighted by Crippen LogP contribution is -2.30. The van der Waals surface area contributed by atoms with Crippen LogP contribution in [-0.2, 0) is 21.3 Å². The molecule has 9 nitrogen and oxygen atoms in total. The van der Waals surface area contributed by atoms with Gasteiger partial charge in [-0.3, -0.25) is 9.48 Å². The average Bonchev–Trinajstić information content (AvgIpc) is 3.06. The molecule has 0 saturated heterocycles. The first-order valence-electron chi connectivity index (χ1n) is 7.68. The lowest BCUT2D eigenvalue weighted by atomic mass is 10.1. The third-order valence-corrected chi connectivity index (χ3v) is 3.65. The number of nitrogens with one attached hydrogen (secondary N) is 2. The zero-order valence-electron chi connectivity index (χ0n) is 15.3. The molecule has 0 bridgehead atoms. The number of aryl methyl sites for hydroxylation is 1. The molecule has 0 aliphatic carbocycles. The number of rotatable bonds is 6. The molecule has 0 fully saturated rings. The minimum Gasteiger partial charge on any atom is -0.465 e. The normalized spacial score (nSPS) is 11.1. The number of likely N-dealkylation sites (N-methyl/N-ethyl adjacent to an activating group) is 1. The Morgan fingerprint density at radius 1 is 1.07 bits per heavy atom. The number of benzene rings is 1. The van der Waals surface area contributed by atoms with Gasteiger partial charge in [0.2, 0.25) is 5.91 Å². The van der Waals surface area contributed by atoms with Crippen LogP contribution in [-0.4, -0.2) is 48.9 Å². The predicted octanol–water partition coefficient (Wildman–Crippen LogP) is 1.31. The van der Waals surface area contributed by atoms with E-state index >= 15 is 0 Å². The van der Waals surface area contributed by atoms with E-state index in [-0.39, 0.29) is 35.1 Å². The van der Waals surface area contributed by atoms with Crippen LogP contribution in [0, 0.1) is 0 Å². The van der Waals surface area contributed by atoms with Gasteiger partial charge in [-0.25, -0.2) is 9.59 Å². The zero-order valence-corrected chi connectivity index (χ0v) is 16.1. The number of ether oxygens (including phenoxy) is 2. The number of amides is 1. The molecule has 0 radical (unpaired) electrons. The van der Waals surface area contributed by atoms with E-state index in [4.69, 9.17) is 0 Å². The molecular formula is C17H21ClN4O5. The fourth-order valence-corrected chi connectivity index (χ4v) is 2.42. The minimum absolute atomic E-state index is 0. The summed E-state index contributed by atoms with van der Waals surface area (Å²) in [6, 6.07) is 3.52. The van der Waals surface area contributed by atoms with E-state index in [0.717, 1.165) is 0 Å². The summed E-state index contributed by atoms with van der Waals surface area (Å²) in [7, 11) is 5.84. The van der Waals surface area contributed by atoms with Crippen LogP contribution in [0.2, 0.25) is 0 Å². The number of methoxy groups -OCH3 is 2. The number of hydrogen-bond acceptors (Lipinski definition) is 7. The number of carbonyl (C=O) groups is 3. The molecular weight excluding hydrogens is 376 g/mol. The number of halogens is 1. The highest BCUT2D eigenvalue weighted by Crippen LogP contribution is 2.20. The van der Waals surface area contributed by atoms with Crippen LogP contribution < -0.4 is 10.6 Å². The molecule has 0 aliphatic rings. The largest absolute Gasteiger partial charge is 0.465 e. The molecule has 2 N–H and O–H groups in total. The van der Waals surface area contributed by atoms with Gasteiger partial charge in [0.05, 0.1) is 31.5 Å². The van der Waals surface area contributed by atoms with Gasteiger partial charge >= 0.3 is 11.9 Å². The molecule has 1 amide bonds. The number of nitrogens with zero attached hydrogens (tertiary/aromatic N) is 2. The SMILES string of the molecule is CNC(C(=O)Nc1cc(C(=O)OC)cc(C(=O)OC)c1)c1cnn(C)c1.Cl. The van der Waals surface area contributed by atoms with Crippen molar-refractivity contribution in [2.24, 2.45) is 7.05 Å². The lowest BCUT2D eigenvalue weighted by molar-refractivity contribution is -0.118. The highest BCUT2D eigenvalue weighted by molar-refractivity contribution is 6.00. The second-order valence-electron chi connectivity index (χ2n) is 5.44. The van der Waals surface area contributed by atoms with Crippen molar-refractivity contribution in [3.8, 4) is 0 Å². The Bertz CT molecular complexity index is 802. The van der Waals surface area contributed by atoms with Gasteiger partial charge < -0.3 is 20.1 Å². The number of carbonyl (C=O) groups excluding carboxylic acids is 3. The quantitative estimate of drug-likeness (QED) is 0.708. The highest BCUT2D eigenvalue weighted by Gasteiger charge is 2.21.